The van der Waals surface area contributed by atoms with Crippen LogP contribution in [-0.4, -0.2) is 16.5 Å². The molecule has 0 atom stereocenters. The van der Waals surface area contributed by atoms with Crippen molar-refractivity contribution < 1.29 is 0 Å². The summed E-state index contributed by atoms with van der Waals surface area (Å²) in [5, 5.41) is 3.51. The Morgan fingerprint density at radius 3 is 2.50 bits per heavy atom. The number of nitrogens with one attached hydrogen (secondary N) is 1. The zero-order chi connectivity index (χ0) is 14.4. The smallest absolute Gasteiger partial charge is 0.132 e. The van der Waals surface area contributed by atoms with Gasteiger partial charge in [-0.2, -0.15) is 0 Å². The number of anilines is 1. The molecule has 1 heterocycles. The minimum Gasteiger partial charge on any atom is -0.370 e. The Bertz CT molecular complexity index is 414. The third-order valence-corrected chi connectivity index (χ3v) is 4.74. The zero-order valence-corrected chi connectivity index (χ0v) is 14.2. The van der Waals surface area contributed by atoms with E-state index >= 15 is 0 Å². The third-order valence-electron chi connectivity index (χ3n) is 4.33. The van der Waals surface area contributed by atoms with Gasteiger partial charge in [-0.15, -0.1) is 0 Å². The largest absolute Gasteiger partial charge is 0.370 e. The van der Waals surface area contributed by atoms with Crippen molar-refractivity contribution in [3.8, 4) is 0 Å². The molecule has 20 heavy (non-hydrogen) atoms. The van der Waals surface area contributed by atoms with Gasteiger partial charge in [-0.05, 0) is 47.0 Å². The van der Waals surface area contributed by atoms with Crippen LogP contribution in [0.5, 0.6) is 0 Å². The molecule has 0 amide bonds. The van der Waals surface area contributed by atoms with E-state index in [1.165, 1.54) is 32.1 Å². The number of hydrogen-bond acceptors (Lipinski definition) is 3. The summed E-state index contributed by atoms with van der Waals surface area (Å²) in [6, 6.07) is 1.98. The van der Waals surface area contributed by atoms with Crippen molar-refractivity contribution in [2.24, 2.45) is 11.8 Å². The highest BCUT2D eigenvalue weighted by molar-refractivity contribution is 9.10. The van der Waals surface area contributed by atoms with E-state index in [2.05, 4.69) is 45.1 Å². The molecule has 112 valence electrons. The Kier molecular flexibility index (Phi) is 6.27. The Morgan fingerprint density at radius 2 is 1.85 bits per heavy atom. The average Bonchev–Trinajstić information content (AvgIpc) is 2.45. The summed E-state index contributed by atoms with van der Waals surface area (Å²) in [6.07, 6.45) is 8.89. The molecule has 4 heteroatoms. The lowest BCUT2D eigenvalue weighted by molar-refractivity contribution is 0.278. The van der Waals surface area contributed by atoms with Gasteiger partial charge >= 0.3 is 0 Å². The molecule has 0 aromatic carbocycles. The van der Waals surface area contributed by atoms with E-state index in [4.69, 9.17) is 0 Å². The Morgan fingerprint density at radius 1 is 1.15 bits per heavy atom. The van der Waals surface area contributed by atoms with Gasteiger partial charge in [-0.25, -0.2) is 9.97 Å². The highest BCUT2D eigenvalue weighted by atomic mass is 79.9. The minimum absolute atomic E-state index is 0.807. The third kappa shape index (κ3) is 4.72. The van der Waals surface area contributed by atoms with Crippen LogP contribution in [-0.2, 0) is 6.42 Å². The van der Waals surface area contributed by atoms with E-state index in [1.54, 1.807) is 0 Å². The van der Waals surface area contributed by atoms with Crippen LogP contribution in [0.4, 0.5) is 5.82 Å². The number of aromatic nitrogens is 2. The van der Waals surface area contributed by atoms with Crippen molar-refractivity contribution in [3.63, 3.8) is 0 Å². The molecule has 1 aromatic rings. The maximum atomic E-state index is 4.59. The normalized spacial score (nSPS) is 22.8. The molecule has 1 N–H and O–H groups in total. The fraction of sp³-hybridized carbons (Fsp3) is 0.750. The van der Waals surface area contributed by atoms with Gasteiger partial charge in [0.1, 0.15) is 16.2 Å². The number of hydrogen-bond donors (Lipinski definition) is 1. The second-order valence-corrected chi connectivity index (χ2v) is 6.73. The van der Waals surface area contributed by atoms with Gasteiger partial charge in [0.15, 0.2) is 0 Å². The van der Waals surface area contributed by atoms with Gasteiger partial charge in [0.05, 0.1) is 0 Å². The fourth-order valence-corrected chi connectivity index (χ4v) is 3.40. The van der Waals surface area contributed by atoms with Crippen LogP contribution in [0.3, 0.4) is 0 Å². The van der Waals surface area contributed by atoms with Crippen molar-refractivity contribution in [3.05, 3.63) is 16.5 Å². The zero-order valence-electron chi connectivity index (χ0n) is 12.7. The maximum Gasteiger partial charge on any atom is 0.132 e. The minimum atomic E-state index is 0.807. The van der Waals surface area contributed by atoms with Crippen LogP contribution >= 0.6 is 15.9 Å². The Hall–Kier alpha value is -0.640. The molecule has 2 rings (SSSR count). The van der Waals surface area contributed by atoms with Crippen molar-refractivity contribution in [1.29, 1.82) is 0 Å². The van der Waals surface area contributed by atoms with Gasteiger partial charge in [0, 0.05) is 19.0 Å². The van der Waals surface area contributed by atoms with Crippen molar-refractivity contribution in [2.45, 2.75) is 58.8 Å². The highest BCUT2D eigenvalue weighted by Gasteiger charge is 2.19. The molecule has 0 saturated heterocycles. The van der Waals surface area contributed by atoms with E-state index in [-0.39, 0.29) is 0 Å². The maximum absolute atomic E-state index is 4.59. The summed E-state index contributed by atoms with van der Waals surface area (Å²) < 4.78 is 0.883. The predicted molar refractivity (Wildman–Crippen MR) is 88.0 cm³/mol. The van der Waals surface area contributed by atoms with E-state index < -0.39 is 0 Å². The molecular weight excluding hydrogens is 314 g/mol. The van der Waals surface area contributed by atoms with Gasteiger partial charge in [0.2, 0.25) is 0 Å². The van der Waals surface area contributed by atoms with Crippen LogP contribution in [0.25, 0.3) is 0 Å². The SMILES string of the molecule is CCCc1nc(Br)cc(NCC2CCC(CC)CC2)n1. The monoisotopic (exact) mass is 339 g/mol. The molecule has 1 fully saturated rings. The average molecular weight is 340 g/mol. The van der Waals surface area contributed by atoms with Crippen LogP contribution in [0.15, 0.2) is 10.7 Å². The first-order chi connectivity index (χ1) is 9.71. The van der Waals surface area contributed by atoms with E-state index in [1.807, 2.05) is 6.07 Å². The van der Waals surface area contributed by atoms with E-state index in [0.29, 0.717) is 0 Å². The summed E-state index contributed by atoms with van der Waals surface area (Å²) in [4.78, 5) is 8.99. The standard InChI is InChI=1S/C16H26BrN3/c1-3-5-15-19-14(17)10-16(20-15)18-11-13-8-6-12(4-2)7-9-13/h10,12-13H,3-9,11H2,1-2H3,(H,18,19,20). The van der Waals surface area contributed by atoms with Crippen LogP contribution < -0.4 is 5.32 Å². The van der Waals surface area contributed by atoms with E-state index in [0.717, 1.165) is 47.5 Å². The summed E-state index contributed by atoms with van der Waals surface area (Å²) >= 11 is 3.48. The van der Waals surface area contributed by atoms with Gasteiger partial charge in [-0.1, -0.05) is 33.1 Å². The highest BCUT2D eigenvalue weighted by Crippen LogP contribution is 2.30. The lowest BCUT2D eigenvalue weighted by Crippen LogP contribution is -2.21. The number of halogens is 1. The lowest BCUT2D eigenvalue weighted by Gasteiger charge is -2.28. The Labute approximate surface area is 131 Å². The summed E-state index contributed by atoms with van der Waals surface area (Å²) in [5.41, 5.74) is 0. The van der Waals surface area contributed by atoms with Crippen LogP contribution in [0.1, 0.15) is 58.2 Å². The number of aryl methyl sites for hydroxylation is 1. The second-order valence-electron chi connectivity index (χ2n) is 5.92. The molecule has 0 aliphatic heterocycles. The van der Waals surface area contributed by atoms with Crippen molar-refractivity contribution >= 4 is 21.7 Å². The molecule has 0 radical (unpaired) electrons. The topological polar surface area (TPSA) is 37.8 Å². The molecule has 3 nitrogen and oxygen atoms in total. The van der Waals surface area contributed by atoms with Crippen LogP contribution in [0, 0.1) is 11.8 Å². The number of nitrogens with zero attached hydrogens (tertiary/aromatic N) is 2. The first-order valence-electron chi connectivity index (χ1n) is 7.98. The molecule has 0 unspecified atom stereocenters. The molecule has 0 bridgehead atoms. The first-order valence-corrected chi connectivity index (χ1v) is 8.77. The molecular formula is C16H26BrN3. The first kappa shape index (κ1) is 15.7. The van der Waals surface area contributed by atoms with Crippen molar-refractivity contribution in [1.82, 2.24) is 9.97 Å². The molecule has 1 aromatic heterocycles. The lowest BCUT2D eigenvalue weighted by atomic mass is 9.81. The van der Waals surface area contributed by atoms with Crippen molar-refractivity contribution in [2.75, 3.05) is 11.9 Å². The second kappa shape index (κ2) is 7.96. The Balaban J connectivity index is 1.84. The molecule has 1 saturated carbocycles. The molecule has 1 aliphatic carbocycles. The van der Waals surface area contributed by atoms with E-state index in [9.17, 15) is 0 Å². The molecule has 1 aliphatic rings. The van der Waals surface area contributed by atoms with Gasteiger partial charge in [0.25, 0.3) is 0 Å². The fourth-order valence-electron chi connectivity index (χ4n) is 2.98. The quantitative estimate of drug-likeness (QED) is 0.755. The predicted octanol–water partition coefficient (Wildman–Crippen LogP) is 4.82. The van der Waals surface area contributed by atoms with Gasteiger partial charge < -0.3 is 5.32 Å². The molecule has 0 spiro atoms. The number of rotatable bonds is 6. The summed E-state index contributed by atoms with van der Waals surface area (Å²) in [5.74, 6) is 3.67. The summed E-state index contributed by atoms with van der Waals surface area (Å²) in [6.45, 7) is 5.52. The summed E-state index contributed by atoms with van der Waals surface area (Å²) in [7, 11) is 0. The van der Waals surface area contributed by atoms with Crippen LogP contribution in [0.2, 0.25) is 0 Å². The van der Waals surface area contributed by atoms with Gasteiger partial charge in [-0.3, -0.25) is 0 Å².